The Labute approximate surface area is 115 Å². The average Bonchev–Trinajstić information content (AvgIpc) is 2.37. The van der Waals surface area contributed by atoms with E-state index in [2.05, 4.69) is 16.0 Å². The smallest absolute Gasteiger partial charge is 0.321 e. The van der Waals surface area contributed by atoms with Crippen molar-refractivity contribution in [1.29, 1.82) is 0 Å². The molecular formula is C13H17F2N3O2. The van der Waals surface area contributed by atoms with E-state index in [1.807, 2.05) is 0 Å². The molecule has 110 valence electrons. The molecule has 7 heteroatoms. The summed E-state index contributed by atoms with van der Waals surface area (Å²) in [6.45, 7) is 3.18. The lowest BCUT2D eigenvalue weighted by molar-refractivity contribution is -0.121. The van der Waals surface area contributed by atoms with E-state index in [0.29, 0.717) is 0 Å². The van der Waals surface area contributed by atoms with Gasteiger partial charge >= 0.3 is 6.03 Å². The van der Waals surface area contributed by atoms with Gasteiger partial charge in [0.1, 0.15) is 11.6 Å². The Morgan fingerprint density at radius 2 is 1.85 bits per heavy atom. The minimum atomic E-state index is -0.716. The third-order valence-electron chi connectivity index (χ3n) is 2.79. The van der Waals surface area contributed by atoms with Crippen LogP contribution in [-0.4, -0.2) is 25.0 Å². The van der Waals surface area contributed by atoms with Crippen molar-refractivity contribution in [3.05, 3.63) is 35.4 Å². The number of carbonyl (C=O) groups excluding carboxylic acids is 2. The van der Waals surface area contributed by atoms with E-state index >= 15 is 0 Å². The number of halogens is 2. The molecule has 1 rings (SSSR count). The van der Waals surface area contributed by atoms with Gasteiger partial charge in [0, 0.05) is 24.7 Å². The number of nitrogens with one attached hydrogen (secondary N) is 3. The number of rotatable bonds is 4. The summed E-state index contributed by atoms with van der Waals surface area (Å²) in [5, 5.41) is 7.19. The topological polar surface area (TPSA) is 70.2 Å². The minimum absolute atomic E-state index is 0.242. The van der Waals surface area contributed by atoms with Crippen molar-refractivity contribution in [1.82, 2.24) is 16.0 Å². The zero-order valence-corrected chi connectivity index (χ0v) is 11.5. The molecule has 0 bridgehead atoms. The second-order valence-electron chi connectivity index (χ2n) is 4.34. The maximum Gasteiger partial charge on any atom is 0.321 e. The Kier molecular flexibility index (Phi) is 5.57. The highest BCUT2D eigenvalue weighted by Crippen LogP contribution is 2.18. The van der Waals surface area contributed by atoms with Crippen LogP contribution in [0.1, 0.15) is 25.5 Å². The van der Waals surface area contributed by atoms with Crippen LogP contribution >= 0.6 is 0 Å². The minimum Gasteiger partial charge on any atom is -0.341 e. The van der Waals surface area contributed by atoms with Gasteiger partial charge in [-0.2, -0.15) is 0 Å². The molecule has 0 aliphatic rings. The third kappa shape index (κ3) is 4.27. The molecule has 0 aromatic heterocycles. The van der Waals surface area contributed by atoms with Gasteiger partial charge in [-0.1, -0.05) is 6.07 Å². The molecule has 0 fully saturated rings. The predicted octanol–water partition coefficient (Wildman–Crippen LogP) is 1.46. The molecule has 0 unspecified atom stereocenters. The van der Waals surface area contributed by atoms with Gasteiger partial charge in [-0.3, -0.25) is 15.4 Å². The van der Waals surface area contributed by atoms with Gasteiger partial charge in [0.15, 0.2) is 0 Å². The molecule has 0 aliphatic carbocycles. The van der Waals surface area contributed by atoms with E-state index in [-0.39, 0.29) is 5.56 Å². The van der Waals surface area contributed by atoms with Crippen LogP contribution in [0, 0.1) is 11.6 Å². The first kappa shape index (κ1) is 16.0. The van der Waals surface area contributed by atoms with Crippen LogP contribution < -0.4 is 16.0 Å². The first-order valence-corrected chi connectivity index (χ1v) is 6.08. The Bertz CT molecular complexity index is 508. The van der Waals surface area contributed by atoms with Crippen LogP contribution in [0.2, 0.25) is 0 Å². The van der Waals surface area contributed by atoms with Crippen molar-refractivity contribution in [2.24, 2.45) is 0 Å². The summed E-state index contributed by atoms with van der Waals surface area (Å²) < 4.78 is 26.4. The summed E-state index contributed by atoms with van der Waals surface area (Å²) >= 11 is 0. The molecule has 0 saturated carbocycles. The summed E-state index contributed by atoms with van der Waals surface area (Å²) in [5.41, 5.74) is 0.242. The second-order valence-corrected chi connectivity index (χ2v) is 4.34. The van der Waals surface area contributed by atoms with Gasteiger partial charge in [-0.05, 0) is 19.9 Å². The molecule has 5 nitrogen and oxygen atoms in total. The average molecular weight is 285 g/mol. The fraction of sp³-hybridized carbons (Fsp3) is 0.385. The van der Waals surface area contributed by atoms with E-state index in [1.54, 1.807) is 6.92 Å². The van der Waals surface area contributed by atoms with Crippen molar-refractivity contribution in [3.63, 3.8) is 0 Å². The van der Waals surface area contributed by atoms with Gasteiger partial charge in [-0.15, -0.1) is 0 Å². The predicted molar refractivity (Wildman–Crippen MR) is 70.0 cm³/mol. The zero-order chi connectivity index (χ0) is 15.3. The van der Waals surface area contributed by atoms with Gasteiger partial charge < -0.3 is 5.32 Å². The van der Waals surface area contributed by atoms with Crippen LogP contribution in [-0.2, 0) is 4.79 Å². The normalized spacial score (nSPS) is 13.4. The van der Waals surface area contributed by atoms with Crippen LogP contribution in [0.3, 0.4) is 0 Å². The maximum atomic E-state index is 13.6. The van der Waals surface area contributed by atoms with E-state index < -0.39 is 35.7 Å². The number of hydrogen-bond acceptors (Lipinski definition) is 3. The number of carbonyl (C=O) groups is 2. The molecule has 2 atom stereocenters. The molecule has 1 aromatic rings. The molecule has 0 spiro atoms. The molecule has 1 aromatic carbocycles. The Hall–Kier alpha value is -2.02. The summed E-state index contributed by atoms with van der Waals surface area (Å²) in [6.07, 6.45) is 0. The van der Waals surface area contributed by atoms with E-state index in [1.165, 1.54) is 20.0 Å². The highest BCUT2D eigenvalue weighted by molar-refractivity contribution is 5.96. The van der Waals surface area contributed by atoms with Crippen LogP contribution in [0.5, 0.6) is 0 Å². The fourth-order valence-electron chi connectivity index (χ4n) is 1.68. The highest BCUT2D eigenvalue weighted by atomic mass is 19.1. The summed E-state index contributed by atoms with van der Waals surface area (Å²) in [7, 11) is 1.39. The van der Waals surface area contributed by atoms with E-state index in [4.69, 9.17) is 0 Å². The zero-order valence-electron chi connectivity index (χ0n) is 11.5. The Morgan fingerprint density at radius 3 is 2.40 bits per heavy atom. The van der Waals surface area contributed by atoms with Crippen LogP contribution in [0.25, 0.3) is 0 Å². The Morgan fingerprint density at radius 1 is 1.20 bits per heavy atom. The molecule has 3 N–H and O–H groups in total. The maximum absolute atomic E-state index is 13.6. The lowest BCUT2D eigenvalue weighted by Gasteiger charge is -2.20. The second kappa shape index (κ2) is 6.95. The number of imide groups is 1. The molecular weight excluding hydrogens is 268 g/mol. The summed E-state index contributed by atoms with van der Waals surface area (Å²) in [4.78, 5) is 22.6. The highest BCUT2D eigenvalue weighted by Gasteiger charge is 2.19. The van der Waals surface area contributed by atoms with Gasteiger partial charge in [0.25, 0.3) is 0 Å². The summed E-state index contributed by atoms with van der Waals surface area (Å²) in [5.74, 6) is -1.90. The number of amides is 3. The lowest BCUT2D eigenvalue weighted by Crippen LogP contribution is -2.47. The number of urea groups is 1. The van der Waals surface area contributed by atoms with Crippen LogP contribution in [0.15, 0.2) is 18.2 Å². The SMILES string of the molecule is CNC(=O)NC(=O)[C@H](C)N[C@H](C)c1ccc(F)cc1F. The van der Waals surface area contributed by atoms with Gasteiger partial charge in [-0.25, -0.2) is 13.6 Å². The molecule has 0 radical (unpaired) electrons. The lowest BCUT2D eigenvalue weighted by atomic mass is 10.1. The molecule has 20 heavy (non-hydrogen) atoms. The van der Waals surface area contributed by atoms with Crippen molar-refractivity contribution < 1.29 is 18.4 Å². The molecule has 0 saturated heterocycles. The number of benzene rings is 1. The first-order chi connectivity index (χ1) is 9.35. The van der Waals surface area contributed by atoms with Crippen molar-refractivity contribution in [2.75, 3.05) is 7.05 Å². The monoisotopic (exact) mass is 285 g/mol. The molecule has 3 amide bonds. The largest absolute Gasteiger partial charge is 0.341 e. The van der Waals surface area contributed by atoms with E-state index in [9.17, 15) is 18.4 Å². The fourth-order valence-corrected chi connectivity index (χ4v) is 1.68. The Balaban J connectivity index is 2.67. The summed E-state index contributed by atoms with van der Waals surface area (Å²) in [6, 6.07) is 1.39. The van der Waals surface area contributed by atoms with Crippen LogP contribution in [0.4, 0.5) is 13.6 Å². The molecule has 0 heterocycles. The van der Waals surface area contributed by atoms with Gasteiger partial charge in [0.05, 0.1) is 6.04 Å². The number of hydrogen-bond donors (Lipinski definition) is 3. The van der Waals surface area contributed by atoms with Crippen molar-refractivity contribution in [2.45, 2.75) is 25.9 Å². The quantitative estimate of drug-likeness (QED) is 0.784. The van der Waals surface area contributed by atoms with Gasteiger partial charge in [0.2, 0.25) is 5.91 Å². The standard InChI is InChI=1S/C13H17F2N3O2/c1-7(10-5-4-9(14)6-11(10)15)17-8(2)12(19)18-13(20)16-3/h4-8,17H,1-3H3,(H2,16,18,19,20)/t7-,8+/m1/s1. The third-order valence-corrected chi connectivity index (χ3v) is 2.79. The van der Waals surface area contributed by atoms with E-state index in [0.717, 1.165) is 12.1 Å². The molecule has 0 aliphatic heterocycles. The van der Waals surface area contributed by atoms with Crippen molar-refractivity contribution >= 4 is 11.9 Å². The van der Waals surface area contributed by atoms with Crippen molar-refractivity contribution in [3.8, 4) is 0 Å². The first-order valence-electron chi connectivity index (χ1n) is 6.08.